The summed E-state index contributed by atoms with van der Waals surface area (Å²) in [5, 5.41) is 20.1. The van der Waals surface area contributed by atoms with Crippen molar-refractivity contribution in [2.75, 3.05) is 18.0 Å². The van der Waals surface area contributed by atoms with Crippen molar-refractivity contribution in [1.82, 2.24) is 4.98 Å². The number of piperidine rings is 1. The molecule has 1 saturated heterocycles. The molecule has 1 fully saturated rings. The van der Waals surface area contributed by atoms with E-state index in [0.29, 0.717) is 18.5 Å². The Balaban J connectivity index is 2.10. The number of benzene rings is 1. The molecular weight excluding hydrogens is 268 g/mol. The summed E-state index contributed by atoms with van der Waals surface area (Å²) in [5.74, 6) is -0.856. The van der Waals surface area contributed by atoms with Gasteiger partial charge in [0, 0.05) is 24.2 Å². The van der Waals surface area contributed by atoms with Crippen LogP contribution >= 0.6 is 0 Å². The van der Waals surface area contributed by atoms with Crippen molar-refractivity contribution in [1.29, 1.82) is 0 Å². The van der Waals surface area contributed by atoms with Gasteiger partial charge in [-0.3, -0.25) is 0 Å². The zero-order chi connectivity index (χ0) is 15.0. The van der Waals surface area contributed by atoms with Crippen molar-refractivity contribution in [3.63, 3.8) is 0 Å². The van der Waals surface area contributed by atoms with Crippen LogP contribution in [0.2, 0.25) is 0 Å². The quantitative estimate of drug-likeness (QED) is 0.885. The zero-order valence-corrected chi connectivity index (χ0v) is 11.9. The second kappa shape index (κ2) is 5.33. The van der Waals surface area contributed by atoms with E-state index in [0.717, 1.165) is 17.6 Å². The van der Waals surface area contributed by atoms with Gasteiger partial charge in [-0.1, -0.05) is 25.1 Å². The smallest absolute Gasteiger partial charge is 0.354 e. The van der Waals surface area contributed by atoms with Gasteiger partial charge in [-0.2, -0.15) is 0 Å². The average molecular weight is 286 g/mol. The molecule has 3 rings (SSSR count). The Morgan fingerprint density at radius 3 is 2.86 bits per heavy atom. The van der Waals surface area contributed by atoms with Gasteiger partial charge in [-0.05, 0) is 24.5 Å². The van der Waals surface area contributed by atoms with Gasteiger partial charge in [0.05, 0.1) is 11.6 Å². The largest absolute Gasteiger partial charge is 0.477 e. The molecule has 1 aliphatic heterocycles. The summed E-state index contributed by atoms with van der Waals surface area (Å²) in [4.78, 5) is 17.6. The van der Waals surface area contributed by atoms with E-state index in [1.807, 2.05) is 31.2 Å². The first-order chi connectivity index (χ1) is 10.1. The number of aliphatic hydroxyl groups excluding tert-OH is 1. The highest BCUT2D eigenvalue weighted by Crippen LogP contribution is 2.30. The van der Waals surface area contributed by atoms with Crippen LogP contribution in [-0.2, 0) is 0 Å². The highest BCUT2D eigenvalue weighted by atomic mass is 16.4. The second-order valence-corrected chi connectivity index (χ2v) is 5.63. The first-order valence-corrected chi connectivity index (χ1v) is 7.12. The monoisotopic (exact) mass is 286 g/mol. The number of nitrogens with zero attached hydrogens (tertiary/aromatic N) is 2. The number of aromatic carboxylic acids is 1. The summed E-state index contributed by atoms with van der Waals surface area (Å²) >= 11 is 0. The molecule has 1 aliphatic rings. The number of carboxylic acids is 1. The topological polar surface area (TPSA) is 73.7 Å². The van der Waals surface area contributed by atoms with E-state index in [1.165, 1.54) is 0 Å². The number of carbonyl (C=O) groups is 1. The number of hydrogen-bond acceptors (Lipinski definition) is 4. The molecule has 2 aromatic rings. The molecule has 21 heavy (non-hydrogen) atoms. The number of fused-ring (bicyclic) bond motifs is 1. The van der Waals surface area contributed by atoms with Gasteiger partial charge in [0.15, 0.2) is 5.69 Å². The number of para-hydroxylation sites is 1. The van der Waals surface area contributed by atoms with E-state index in [-0.39, 0.29) is 17.7 Å². The number of aromatic nitrogens is 1. The Hall–Kier alpha value is -2.14. The lowest BCUT2D eigenvalue weighted by Crippen LogP contribution is -2.42. The predicted molar refractivity (Wildman–Crippen MR) is 80.7 cm³/mol. The molecule has 110 valence electrons. The van der Waals surface area contributed by atoms with Gasteiger partial charge >= 0.3 is 5.97 Å². The summed E-state index contributed by atoms with van der Waals surface area (Å²) in [7, 11) is 0. The number of rotatable bonds is 2. The summed E-state index contributed by atoms with van der Waals surface area (Å²) in [5.41, 5.74) is 1.63. The molecule has 0 spiro atoms. The third-order valence-corrected chi connectivity index (χ3v) is 4.11. The van der Waals surface area contributed by atoms with E-state index >= 15 is 0 Å². The molecule has 2 heterocycles. The van der Waals surface area contributed by atoms with E-state index in [2.05, 4.69) is 9.88 Å². The minimum Gasteiger partial charge on any atom is -0.477 e. The lowest BCUT2D eigenvalue weighted by atomic mass is 9.96. The molecule has 5 nitrogen and oxygen atoms in total. The number of pyridine rings is 1. The molecule has 2 atom stereocenters. The predicted octanol–water partition coefficient (Wildman–Crippen LogP) is 2.14. The zero-order valence-electron chi connectivity index (χ0n) is 11.9. The van der Waals surface area contributed by atoms with Crippen molar-refractivity contribution >= 4 is 22.6 Å². The van der Waals surface area contributed by atoms with Crippen LogP contribution in [0.5, 0.6) is 0 Å². The van der Waals surface area contributed by atoms with Crippen molar-refractivity contribution in [2.45, 2.75) is 19.4 Å². The fourth-order valence-corrected chi connectivity index (χ4v) is 2.88. The van der Waals surface area contributed by atoms with Crippen molar-refractivity contribution < 1.29 is 15.0 Å². The van der Waals surface area contributed by atoms with Crippen molar-refractivity contribution in [3.8, 4) is 0 Å². The van der Waals surface area contributed by atoms with Crippen LogP contribution < -0.4 is 4.90 Å². The van der Waals surface area contributed by atoms with Gasteiger partial charge in [-0.15, -0.1) is 0 Å². The molecule has 0 saturated carbocycles. The first-order valence-electron chi connectivity index (χ1n) is 7.12. The molecule has 1 aromatic carbocycles. The molecule has 0 radical (unpaired) electrons. The molecule has 2 unspecified atom stereocenters. The third-order valence-electron chi connectivity index (χ3n) is 4.11. The Kier molecular flexibility index (Phi) is 3.51. The van der Waals surface area contributed by atoms with Crippen molar-refractivity contribution in [2.24, 2.45) is 5.92 Å². The Bertz CT molecular complexity index is 686. The molecule has 0 bridgehead atoms. The van der Waals surface area contributed by atoms with Crippen LogP contribution in [0.3, 0.4) is 0 Å². The number of carboxylic acid groups (broad SMARTS) is 1. The second-order valence-electron chi connectivity index (χ2n) is 5.63. The van der Waals surface area contributed by atoms with Crippen LogP contribution in [0, 0.1) is 5.92 Å². The third kappa shape index (κ3) is 2.56. The summed E-state index contributed by atoms with van der Waals surface area (Å²) in [6.45, 7) is 3.45. The maximum Gasteiger partial charge on any atom is 0.354 e. The van der Waals surface area contributed by atoms with Gasteiger partial charge in [-0.25, -0.2) is 9.78 Å². The van der Waals surface area contributed by atoms with E-state index in [4.69, 9.17) is 0 Å². The number of hydrogen-bond donors (Lipinski definition) is 2. The fourth-order valence-electron chi connectivity index (χ4n) is 2.88. The standard InChI is InChI=1S/C16H18N2O3/c1-10-9-18(7-6-15(10)19)14-8-13(16(20)21)17-12-5-3-2-4-11(12)14/h2-5,8,10,15,19H,6-7,9H2,1H3,(H,20,21). The van der Waals surface area contributed by atoms with Gasteiger partial charge in [0.25, 0.3) is 0 Å². The first kappa shape index (κ1) is 13.8. The Morgan fingerprint density at radius 2 is 2.14 bits per heavy atom. The van der Waals surface area contributed by atoms with Gasteiger partial charge < -0.3 is 15.1 Å². The number of aliphatic hydroxyl groups is 1. The summed E-state index contributed by atoms with van der Waals surface area (Å²) < 4.78 is 0. The number of anilines is 1. The molecule has 1 aromatic heterocycles. The average Bonchev–Trinajstić information content (AvgIpc) is 2.49. The minimum atomic E-state index is -1.02. The SMILES string of the molecule is CC1CN(c2cc(C(=O)O)nc3ccccc23)CCC1O. The highest BCUT2D eigenvalue weighted by molar-refractivity contribution is 5.97. The summed E-state index contributed by atoms with van der Waals surface area (Å²) in [6, 6.07) is 9.20. The van der Waals surface area contributed by atoms with Crippen LogP contribution in [0.25, 0.3) is 10.9 Å². The maximum absolute atomic E-state index is 11.3. The van der Waals surface area contributed by atoms with Crippen LogP contribution in [0.1, 0.15) is 23.8 Å². The lowest BCUT2D eigenvalue weighted by Gasteiger charge is -2.36. The summed E-state index contributed by atoms with van der Waals surface area (Å²) in [6.07, 6.45) is 0.411. The van der Waals surface area contributed by atoms with Crippen LogP contribution in [0.4, 0.5) is 5.69 Å². The normalized spacial score (nSPS) is 22.5. The van der Waals surface area contributed by atoms with Crippen molar-refractivity contribution in [3.05, 3.63) is 36.0 Å². The lowest BCUT2D eigenvalue weighted by molar-refractivity contribution is 0.0690. The Labute approximate surface area is 122 Å². The maximum atomic E-state index is 11.3. The van der Waals surface area contributed by atoms with E-state index < -0.39 is 5.97 Å². The molecule has 0 aliphatic carbocycles. The molecule has 5 heteroatoms. The van der Waals surface area contributed by atoms with Gasteiger partial charge in [0.2, 0.25) is 0 Å². The van der Waals surface area contributed by atoms with E-state index in [1.54, 1.807) is 6.07 Å². The van der Waals surface area contributed by atoms with Gasteiger partial charge in [0.1, 0.15) is 0 Å². The fraction of sp³-hybridized carbons (Fsp3) is 0.375. The minimum absolute atomic E-state index is 0.0578. The Morgan fingerprint density at radius 1 is 1.38 bits per heavy atom. The van der Waals surface area contributed by atoms with E-state index in [9.17, 15) is 15.0 Å². The highest BCUT2D eigenvalue weighted by Gasteiger charge is 2.26. The molecular formula is C16H18N2O3. The molecule has 0 amide bonds. The van der Waals surface area contributed by atoms with Crippen LogP contribution in [-0.4, -0.2) is 40.4 Å². The molecule has 2 N–H and O–H groups in total. The van der Waals surface area contributed by atoms with Crippen LogP contribution in [0.15, 0.2) is 30.3 Å².